The van der Waals surface area contributed by atoms with Crippen LogP contribution >= 0.6 is 12.2 Å². The van der Waals surface area contributed by atoms with E-state index in [1.54, 1.807) is 6.08 Å². The van der Waals surface area contributed by atoms with Gasteiger partial charge in [0.25, 0.3) is 5.91 Å². The highest BCUT2D eigenvalue weighted by atomic mass is 32.1. The van der Waals surface area contributed by atoms with Crippen molar-refractivity contribution in [3.05, 3.63) is 47.5 Å². The molecule has 1 aliphatic rings. The van der Waals surface area contributed by atoms with Crippen LogP contribution in [0.2, 0.25) is 0 Å². The van der Waals surface area contributed by atoms with Crippen LogP contribution in [-0.2, 0) is 6.42 Å². The van der Waals surface area contributed by atoms with Crippen molar-refractivity contribution in [3.8, 4) is 0 Å². The van der Waals surface area contributed by atoms with Crippen LogP contribution in [0, 0.1) is 0 Å². The zero-order valence-electron chi connectivity index (χ0n) is 7.54. The first-order valence-electron chi connectivity index (χ1n) is 4.32. The normalized spacial score (nSPS) is 13.7. The number of hydrogen-bond acceptors (Lipinski definition) is 2. The zero-order valence-corrected chi connectivity index (χ0v) is 8.36. The molecule has 0 bridgehead atoms. The predicted molar refractivity (Wildman–Crippen MR) is 59.5 cm³/mol. The fraction of sp³-hybridized carbons (Fsp3) is 0.0909. The molecule has 1 amide bonds. The van der Waals surface area contributed by atoms with Crippen molar-refractivity contribution < 1.29 is 4.79 Å². The first-order chi connectivity index (χ1) is 6.74. The summed E-state index contributed by atoms with van der Waals surface area (Å²) in [6.45, 7) is 3.66. The fourth-order valence-corrected chi connectivity index (χ4v) is 1.88. The molecule has 1 heterocycles. The molecule has 0 aromatic heterocycles. The van der Waals surface area contributed by atoms with E-state index in [0.29, 0.717) is 17.0 Å². The molecule has 14 heavy (non-hydrogen) atoms. The van der Waals surface area contributed by atoms with Gasteiger partial charge < -0.3 is 5.32 Å². The van der Waals surface area contributed by atoms with Crippen molar-refractivity contribution in [1.82, 2.24) is 5.32 Å². The van der Waals surface area contributed by atoms with Crippen LogP contribution in [0.15, 0.2) is 30.9 Å². The molecule has 2 rings (SSSR count). The van der Waals surface area contributed by atoms with Crippen LogP contribution in [0.25, 0.3) is 0 Å². The molecule has 0 atom stereocenters. The number of benzene rings is 1. The molecule has 0 fully saturated rings. The van der Waals surface area contributed by atoms with Gasteiger partial charge in [0, 0.05) is 5.56 Å². The van der Waals surface area contributed by atoms with E-state index in [1.165, 1.54) is 0 Å². The highest BCUT2D eigenvalue weighted by molar-refractivity contribution is 7.80. The van der Waals surface area contributed by atoms with Crippen LogP contribution in [0.3, 0.4) is 0 Å². The van der Waals surface area contributed by atoms with E-state index < -0.39 is 0 Å². The van der Waals surface area contributed by atoms with E-state index in [2.05, 4.69) is 11.9 Å². The maximum absolute atomic E-state index is 11.5. The Balaban J connectivity index is 2.61. The quantitative estimate of drug-likeness (QED) is 0.587. The molecule has 0 saturated carbocycles. The maximum atomic E-state index is 11.5. The molecule has 1 N–H and O–H groups in total. The molecule has 1 aromatic rings. The number of hydrogen-bond donors (Lipinski definition) is 1. The second-order valence-electron chi connectivity index (χ2n) is 3.12. The summed E-state index contributed by atoms with van der Waals surface area (Å²) in [5, 5.41) is 2.64. The number of fused-ring (bicyclic) bond motifs is 1. The average molecular weight is 203 g/mol. The largest absolute Gasteiger partial charge is 0.312 e. The fourth-order valence-electron chi connectivity index (χ4n) is 1.62. The Morgan fingerprint density at radius 1 is 1.50 bits per heavy atom. The summed E-state index contributed by atoms with van der Waals surface area (Å²) >= 11 is 5.04. The number of carbonyl (C=O) groups excluding carboxylic acids is 1. The van der Waals surface area contributed by atoms with Crippen molar-refractivity contribution >= 4 is 23.1 Å². The Morgan fingerprint density at radius 3 is 3.00 bits per heavy atom. The third-order valence-electron chi connectivity index (χ3n) is 2.21. The SMILES string of the molecule is C=CCc1cccc2c1C(=O)NC2=S. The van der Waals surface area contributed by atoms with Gasteiger partial charge in [-0.05, 0) is 12.0 Å². The first kappa shape index (κ1) is 9.09. The standard InChI is InChI=1S/C11H9NOS/c1-2-4-7-5-3-6-8-9(7)10(13)12-11(8)14/h2-3,5-6H,1,4H2,(H,12,13,14). The van der Waals surface area contributed by atoms with Gasteiger partial charge in [-0.3, -0.25) is 4.79 Å². The summed E-state index contributed by atoms with van der Waals surface area (Å²) in [5.41, 5.74) is 2.52. The van der Waals surface area contributed by atoms with Crippen LogP contribution in [-0.4, -0.2) is 10.9 Å². The van der Waals surface area contributed by atoms with Crippen LogP contribution in [0.5, 0.6) is 0 Å². The van der Waals surface area contributed by atoms with Gasteiger partial charge >= 0.3 is 0 Å². The average Bonchev–Trinajstić information content (AvgIpc) is 2.44. The minimum atomic E-state index is -0.0950. The molecule has 0 saturated heterocycles. The molecular formula is C11H9NOS. The topological polar surface area (TPSA) is 29.1 Å². The third-order valence-corrected chi connectivity index (χ3v) is 2.54. The number of allylic oxidation sites excluding steroid dienone is 1. The highest BCUT2D eigenvalue weighted by Crippen LogP contribution is 2.21. The number of rotatable bonds is 2. The number of thiocarbonyl (C=S) groups is 1. The van der Waals surface area contributed by atoms with Gasteiger partial charge in [-0.1, -0.05) is 36.5 Å². The van der Waals surface area contributed by atoms with Gasteiger partial charge in [0.1, 0.15) is 4.99 Å². The lowest BCUT2D eigenvalue weighted by atomic mass is 10.0. The molecule has 0 spiro atoms. The van der Waals surface area contributed by atoms with E-state index >= 15 is 0 Å². The summed E-state index contributed by atoms with van der Waals surface area (Å²) in [6.07, 6.45) is 2.48. The van der Waals surface area contributed by atoms with Crippen LogP contribution < -0.4 is 5.32 Å². The Morgan fingerprint density at radius 2 is 2.29 bits per heavy atom. The molecular weight excluding hydrogens is 194 g/mol. The number of nitrogens with one attached hydrogen (secondary N) is 1. The number of carbonyl (C=O) groups is 1. The van der Waals surface area contributed by atoms with Gasteiger partial charge in [0.2, 0.25) is 0 Å². The van der Waals surface area contributed by atoms with Gasteiger partial charge in [-0.25, -0.2) is 0 Å². The lowest BCUT2D eigenvalue weighted by molar-refractivity contribution is 0.0983. The maximum Gasteiger partial charge on any atom is 0.257 e. The van der Waals surface area contributed by atoms with E-state index in [-0.39, 0.29) is 5.91 Å². The summed E-state index contributed by atoms with van der Waals surface area (Å²) in [4.78, 5) is 12.1. The third kappa shape index (κ3) is 1.26. The Labute approximate surface area is 87.6 Å². The van der Waals surface area contributed by atoms with Gasteiger partial charge in [0.15, 0.2) is 0 Å². The molecule has 1 aromatic carbocycles. The molecule has 0 radical (unpaired) electrons. The highest BCUT2D eigenvalue weighted by Gasteiger charge is 2.25. The van der Waals surface area contributed by atoms with Crippen molar-refractivity contribution in [3.63, 3.8) is 0 Å². The minimum Gasteiger partial charge on any atom is -0.312 e. The number of amides is 1. The second kappa shape index (κ2) is 3.35. The molecule has 2 nitrogen and oxygen atoms in total. The van der Waals surface area contributed by atoms with Gasteiger partial charge in [0.05, 0.1) is 5.56 Å². The van der Waals surface area contributed by atoms with Crippen molar-refractivity contribution in [2.45, 2.75) is 6.42 Å². The van der Waals surface area contributed by atoms with Crippen molar-refractivity contribution in [2.24, 2.45) is 0 Å². The minimum absolute atomic E-state index is 0.0950. The molecule has 1 aliphatic heterocycles. The Kier molecular flexibility index (Phi) is 2.17. The van der Waals surface area contributed by atoms with E-state index in [0.717, 1.165) is 11.1 Å². The van der Waals surface area contributed by atoms with Crippen LogP contribution in [0.4, 0.5) is 0 Å². The molecule has 0 aliphatic carbocycles. The lowest BCUT2D eigenvalue weighted by Crippen LogP contribution is -2.19. The lowest BCUT2D eigenvalue weighted by Gasteiger charge is -2.01. The molecule has 0 unspecified atom stereocenters. The van der Waals surface area contributed by atoms with Gasteiger partial charge in [-0.15, -0.1) is 6.58 Å². The summed E-state index contributed by atoms with van der Waals surface area (Å²) < 4.78 is 0. The van der Waals surface area contributed by atoms with Crippen molar-refractivity contribution in [1.29, 1.82) is 0 Å². The van der Waals surface area contributed by atoms with E-state index in [9.17, 15) is 4.79 Å². The second-order valence-corrected chi connectivity index (χ2v) is 3.52. The molecule has 70 valence electrons. The van der Waals surface area contributed by atoms with Crippen LogP contribution in [0.1, 0.15) is 21.5 Å². The summed E-state index contributed by atoms with van der Waals surface area (Å²) in [5.74, 6) is -0.0950. The smallest absolute Gasteiger partial charge is 0.257 e. The summed E-state index contributed by atoms with van der Waals surface area (Å²) in [6, 6.07) is 5.69. The predicted octanol–water partition coefficient (Wildman–Crippen LogP) is 1.83. The van der Waals surface area contributed by atoms with E-state index in [1.807, 2.05) is 18.2 Å². The molecule has 3 heteroatoms. The monoisotopic (exact) mass is 203 g/mol. The summed E-state index contributed by atoms with van der Waals surface area (Å²) in [7, 11) is 0. The van der Waals surface area contributed by atoms with E-state index in [4.69, 9.17) is 12.2 Å². The first-order valence-corrected chi connectivity index (χ1v) is 4.73. The van der Waals surface area contributed by atoms with Crippen molar-refractivity contribution in [2.75, 3.05) is 0 Å². The Bertz CT molecular complexity index is 437. The van der Waals surface area contributed by atoms with Gasteiger partial charge in [-0.2, -0.15) is 0 Å². The Hall–Kier alpha value is -1.48. The zero-order chi connectivity index (χ0) is 10.1.